The SMILES string of the molecule is CCCc1nc(C(=O)N2CCOCC(C(=O)O)C2)cs1. The van der Waals surface area contributed by atoms with Gasteiger partial charge >= 0.3 is 5.97 Å². The fourth-order valence-electron chi connectivity index (χ4n) is 2.04. The van der Waals surface area contributed by atoms with Gasteiger partial charge in [-0.15, -0.1) is 11.3 Å². The minimum atomic E-state index is -0.936. The van der Waals surface area contributed by atoms with E-state index < -0.39 is 11.9 Å². The van der Waals surface area contributed by atoms with Crippen LogP contribution in [0.15, 0.2) is 5.38 Å². The number of nitrogens with zero attached hydrogens (tertiary/aromatic N) is 2. The van der Waals surface area contributed by atoms with Gasteiger partial charge in [0, 0.05) is 18.5 Å². The van der Waals surface area contributed by atoms with Crippen LogP contribution in [0.25, 0.3) is 0 Å². The van der Waals surface area contributed by atoms with Crippen molar-refractivity contribution in [2.75, 3.05) is 26.3 Å². The Kier molecular flexibility index (Phi) is 5.08. The molecule has 1 aromatic rings. The Bertz CT molecular complexity index is 488. The van der Waals surface area contributed by atoms with Crippen LogP contribution >= 0.6 is 11.3 Å². The first-order valence-electron chi connectivity index (χ1n) is 6.66. The number of carboxylic acid groups (broad SMARTS) is 1. The van der Waals surface area contributed by atoms with E-state index in [4.69, 9.17) is 9.84 Å². The summed E-state index contributed by atoms with van der Waals surface area (Å²) in [5, 5.41) is 11.8. The number of rotatable bonds is 4. The zero-order chi connectivity index (χ0) is 14.5. The molecule has 1 amide bonds. The Morgan fingerprint density at radius 3 is 3.10 bits per heavy atom. The molecule has 0 radical (unpaired) electrons. The second kappa shape index (κ2) is 6.81. The molecule has 20 heavy (non-hydrogen) atoms. The molecule has 6 nitrogen and oxygen atoms in total. The van der Waals surface area contributed by atoms with Gasteiger partial charge < -0.3 is 14.7 Å². The van der Waals surface area contributed by atoms with Crippen LogP contribution in [0, 0.1) is 5.92 Å². The molecule has 1 saturated heterocycles. The van der Waals surface area contributed by atoms with Gasteiger partial charge in [-0.3, -0.25) is 9.59 Å². The highest BCUT2D eigenvalue weighted by Gasteiger charge is 2.28. The lowest BCUT2D eigenvalue weighted by Crippen LogP contribution is -2.38. The first-order valence-corrected chi connectivity index (χ1v) is 7.54. The van der Waals surface area contributed by atoms with Crippen LogP contribution in [0.4, 0.5) is 0 Å². The maximum atomic E-state index is 12.4. The number of aromatic nitrogens is 1. The second-order valence-corrected chi connectivity index (χ2v) is 5.68. The number of carbonyl (C=O) groups excluding carboxylic acids is 1. The topological polar surface area (TPSA) is 79.7 Å². The Balaban J connectivity index is 2.07. The van der Waals surface area contributed by atoms with Gasteiger partial charge in [-0.1, -0.05) is 6.92 Å². The fourth-order valence-corrected chi connectivity index (χ4v) is 2.92. The van der Waals surface area contributed by atoms with Crippen LogP contribution in [0.2, 0.25) is 0 Å². The van der Waals surface area contributed by atoms with E-state index in [2.05, 4.69) is 11.9 Å². The van der Waals surface area contributed by atoms with Gasteiger partial charge in [0.2, 0.25) is 0 Å². The molecule has 110 valence electrons. The van der Waals surface area contributed by atoms with Crippen molar-refractivity contribution in [3.8, 4) is 0 Å². The van der Waals surface area contributed by atoms with E-state index in [0.29, 0.717) is 18.8 Å². The average Bonchev–Trinajstić information content (AvgIpc) is 2.74. The molecule has 1 aliphatic heterocycles. The van der Waals surface area contributed by atoms with Crippen LogP contribution < -0.4 is 0 Å². The highest BCUT2D eigenvalue weighted by atomic mass is 32.1. The predicted molar refractivity (Wildman–Crippen MR) is 74.0 cm³/mol. The first-order chi connectivity index (χ1) is 9.61. The summed E-state index contributed by atoms with van der Waals surface area (Å²) in [5.41, 5.74) is 0.407. The Morgan fingerprint density at radius 2 is 2.40 bits per heavy atom. The molecule has 0 aromatic carbocycles. The molecule has 1 fully saturated rings. The van der Waals surface area contributed by atoms with E-state index in [-0.39, 0.29) is 19.1 Å². The van der Waals surface area contributed by atoms with Crippen molar-refractivity contribution >= 4 is 23.2 Å². The summed E-state index contributed by atoms with van der Waals surface area (Å²) < 4.78 is 5.24. The predicted octanol–water partition coefficient (Wildman–Crippen LogP) is 1.27. The van der Waals surface area contributed by atoms with Gasteiger partial charge in [0.05, 0.1) is 24.1 Å². The molecular formula is C13H18N2O4S. The zero-order valence-corrected chi connectivity index (χ0v) is 12.2. The summed E-state index contributed by atoms with van der Waals surface area (Å²) in [6.45, 7) is 3.16. The van der Waals surface area contributed by atoms with Crippen molar-refractivity contribution in [2.24, 2.45) is 5.92 Å². The third-order valence-corrected chi connectivity index (χ3v) is 4.05. The minimum absolute atomic E-state index is 0.150. The maximum Gasteiger partial charge on any atom is 0.310 e. The monoisotopic (exact) mass is 298 g/mol. The number of carboxylic acids is 1. The molecule has 2 rings (SSSR count). The van der Waals surface area contributed by atoms with Crippen LogP contribution in [0.3, 0.4) is 0 Å². The average molecular weight is 298 g/mol. The molecule has 1 N–H and O–H groups in total. The second-order valence-electron chi connectivity index (χ2n) is 4.74. The molecule has 0 spiro atoms. The number of amides is 1. The van der Waals surface area contributed by atoms with Crippen molar-refractivity contribution in [3.63, 3.8) is 0 Å². The van der Waals surface area contributed by atoms with Crippen molar-refractivity contribution in [1.82, 2.24) is 9.88 Å². The van der Waals surface area contributed by atoms with Crippen LogP contribution in [-0.2, 0) is 16.0 Å². The molecule has 1 aromatic heterocycles. The summed E-state index contributed by atoms with van der Waals surface area (Å²) in [5.74, 6) is -1.81. The van der Waals surface area contributed by atoms with E-state index in [1.807, 2.05) is 0 Å². The Labute approximate surface area is 121 Å². The molecule has 1 aliphatic rings. The van der Waals surface area contributed by atoms with E-state index in [1.165, 1.54) is 16.2 Å². The van der Waals surface area contributed by atoms with Crippen molar-refractivity contribution in [2.45, 2.75) is 19.8 Å². The highest BCUT2D eigenvalue weighted by Crippen LogP contribution is 2.16. The third-order valence-electron chi connectivity index (χ3n) is 3.14. The largest absolute Gasteiger partial charge is 0.481 e. The summed E-state index contributed by atoms with van der Waals surface area (Å²) in [7, 11) is 0. The molecule has 2 heterocycles. The number of hydrogen-bond donors (Lipinski definition) is 1. The lowest BCUT2D eigenvalue weighted by molar-refractivity contribution is -0.143. The fraction of sp³-hybridized carbons (Fsp3) is 0.615. The Morgan fingerprint density at radius 1 is 1.60 bits per heavy atom. The maximum absolute atomic E-state index is 12.4. The number of ether oxygens (including phenoxy) is 1. The molecule has 0 saturated carbocycles. The van der Waals surface area contributed by atoms with Crippen LogP contribution in [-0.4, -0.2) is 53.2 Å². The summed E-state index contributed by atoms with van der Waals surface area (Å²) >= 11 is 1.47. The molecule has 0 aliphatic carbocycles. The third kappa shape index (κ3) is 3.55. The quantitative estimate of drug-likeness (QED) is 0.905. The normalized spacial score (nSPS) is 19.6. The first kappa shape index (κ1) is 14.9. The summed E-state index contributed by atoms with van der Waals surface area (Å²) in [6.07, 6.45) is 1.85. The van der Waals surface area contributed by atoms with Crippen molar-refractivity contribution in [1.29, 1.82) is 0 Å². The molecule has 1 unspecified atom stereocenters. The summed E-state index contributed by atoms with van der Waals surface area (Å²) in [6, 6.07) is 0. The van der Waals surface area contributed by atoms with E-state index >= 15 is 0 Å². The number of thiazole rings is 1. The smallest absolute Gasteiger partial charge is 0.310 e. The lowest BCUT2D eigenvalue weighted by Gasteiger charge is -2.20. The van der Waals surface area contributed by atoms with Crippen molar-refractivity contribution in [3.05, 3.63) is 16.1 Å². The molecule has 1 atom stereocenters. The standard InChI is InChI=1S/C13H18N2O4S/c1-2-3-11-14-10(8-20-11)12(16)15-4-5-19-7-9(6-15)13(17)18/h8-9H,2-7H2,1H3,(H,17,18). The van der Waals surface area contributed by atoms with Gasteiger partial charge in [-0.05, 0) is 12.8 Å². The number of carbonyl (C=O) groups is 2. The number of hydrogen-bond acceptors (Lipinski definition) is 5. The van der Waals surface area contributed by atoms with E-state index in [9.17, 15) is 9.59 Å². The van der Waals surface area contributed by atoms with Crippen LogP contribution in [0.5, 0.6) is 0 Å². The molecular weight excluding hydrogens is 280 g/mol. The van der Waals surface area contributed by atoms with Gasteiger partial charge in [-0.2, -0.15) is 0 Å². The molecule has 7 heteroatoms. The van der Waals surface area contributed by atoms with Crippen LogP contribution in [0.1, 0.15) is 28.8 Å². The Hall–Kier alpha value is -1.47. The highest BCUT2D eigenvalue weighted by molar-refractivity contribution is 7.09. The number of aliphatic carboxylic acids is 1. The lowest BCUT2D eigenvalue weighted by atomic mass is 10.1. The summed E-state index contributed by atoms with van der Waals surface area (Å²) in [4.78, 5) is 29.3. The van der Waals surface area contributed by atoms with E-state index in [0.717, 1.165) is 17.8 Å². The van der Waals surface area contributed by atoms with E-state index in [1.54, 1.807) is 5.38 Å². The minimum Gasteiger partial charge on any atom is -0.481 e. The molecule has 0 bridgehead atoms. The van der Waals surface area contributed by atoms with Gasteiger partial charge in [0.15, 0.2) is 0 Å². The van der Waals surface area contributed by atoms with Gasteiger partial charge in [-0.25, -0.2) is 4.98 Å². The van der Waals surface area contributed by atoms with Gasteiger partial charge in [0.25, 0.3) is 5.91 Å². The van der Waals surface area contributed by atoms with Crippen molar-refractivity contribution < 1.29 is 19.4 Å². The van der Waals surface area contributed by atoms with Gasteiger partial charge in [0.1, 0.15) is 5.69 Å². The zero-order valence-electron chi connectivity index (χ0n) is 11.4. The number of aryl methyl sites for hydroxylation is 1.